The molecule has 6 heteroatoms. The van der Waals surface area contributed by atoms with Gasteiger partial charge in [-0.3, -0.25) is 9.59 Å². The van der Waals surface area contributed by atoms with Crippen LogP contribution in [0.5, 0.6) is 5.75 Å². The number of carbonyl (C=O) groups is 2. The Bertz CT molecular complexity index is 990. The molecular weight excluding hydrogens is 366 g/mol. The fourth-order valence-electron chi connectivity index (χ4n) is 3.34. The number of hydrogen-bond donors (Lipinski definition) is 3. The number of carbonyl (C=O) groups excluding carboxylic acids is 2. The van der Waals surface area contributed by atoms with Gasteiger partial charge in [-0.1, -0.05) is 18.2 Å². The van der Waals surface area contributed by atoms with Crippen LogP contribution in [0.2, 0.25) is 0 Å². The summed E-state index contributed by atoms with van der Waals surface area (Å²) < 4.78 is 5.25. The average Bonchev–Trinajstić information content (AvgIpc) is 3.09. The van der Waals surface area contributed by atoms with Gasteiger partial charge in [-0.15, -0.1) is 0 Å². The predicted molar refractivity (Wildman–Crippen MR) is 115 cm³/mol. The lowest BCUT2D eigenvalue weighted by atomic mass is 10.0. The van der Waals surface area contributed by atoms with Crippen molar-refractivity contribution < 1.29 is 14.3 Å². The first-order chi connectivity index (χ1) is 14.0. The van der Waals surface area contributed by atoms with Crippen LogP contribution in [-0.4, -0.2) is 36.5 Å². The van der Waals surface area contributed by atoms with Crippen LogP contribution in [0.3, 0.4) is 0 Å². The van der Waals surface area contributed by atoms with Crippen LogP contribution in [-0.2, 0) is 16.0 Å². The third-order valence-electron chi connectivity index (χ3n) is 4.69. The van der Waals surface area contributed by atoms with Crippen molar-refractivity contribution in [2.75, 3.05) is 13.7 Å². The molecule has 2 aromatic carbocycles. The first-order valence-electron chi connectivity index (χ1n) is 9.78. The highest BCUT2D eigenvalue weighted by Gasteiger charge is 2.15. The number of amides is 2. The van der Waals surface area contributed by atoms with E-state index in [2.05, 4.69) is 21.7 Å². The lowest BCUT2D eigenvalue weighted by Gasteiger charge is -2.10. The SMILES string of the molecule is COc1ccc(-c2[nH]c3ccccc3c2CCC(=O)NCC(=O)NC(C)C)cc1. The van der Waals surface area contributed by atoms with Gasteiger partial charge in [0.1, 0.15) is 5.75 Å². The van der Waals surface area contributed by atoms with Crippen LogP contribution >= 0.6 is 0 Å². The highest BCUT2D eigenvalue weighted by molar-refractivity contribution is 5.91. The number of ether oxygens (including phenoxy) is 1. The molecule has 0 saturated carbocycles. The summed E-state index contributed by atoms with van der Waals surface area (Å²) in [7, 11) is 1.64. The van der Waals surface area contributed by atoms with E-state index in [1.165, 1.54) is 0 Å². The molecule has 3 N–H and O–H groups in total. The zero-order chi connectivity index (χ0) is 20.8. The Hall–Kier alpha value is -3.28. The number of methoxy groups -OCH3 is 1. The number of H-pyrrole nitrogens is 1. The van der Waals surface area contributed by atoms with Crippen molar-refractivity contribution in [1.29, 1.82) is 0 Å². The van der Waals surface area contributed by atoms with Crippen molar-refractivity contribution in [2.24, 2.45) is 0 Å². The van der Waals surface area contributed by atoms with Gasteiger partial charge < -0.3 is 20.4 Å². The Morgan fingerprint density at radius 3 is 2.45 bits per heavy atom. The summed E-state index contributed by atoms with van der Waals surface area (Å²) in [5.41, 5.74) is 4.16. The van der Waals surface area contributed by atoms with Crippen molar-refractivity contribution >= 4 is 22.7 Å². The van der Waals surface area contributed by atoms with Crippen molar-refractivity contribution in [1.82, 2.24) is 15.6 Å². The summed E-state index contributed by atoms with van der Waals surface area (Å²) in [5, 5.41) is 6.56. The first kappa shape index (κ1) is 20.5. The molecule has 0 fully saturated rings. The quantitative estimate of drug-likeness (QED) is 0.548. The molecule has 0 saturated heterocycles. The third kappa shape index (κ3) is 5.16. The highest BCUT2D eigenvalue weighted by atomic mass is 16.5. The van der Waals surface area contributed by atoms with E-state index in [9.17, 15) is 9.59 Å². The van der Waals surface area contributed by atoms with E-state index in [1.54, 1.807) is 7.11 Å². The van der Waals surface area contributed by atoms with Crippen LogP contribution in [0.1, 0.15) is 25.8 Å². The zero-order valence-corrected chi connectivity index (χ0v) is 17.0. The number of rotatable bonds is 8. The molecular formula is C23H27N3O3. The minimum Gasteiger partial charge on any atom is -0.497 e. The van der Waals surface area contributed by atoms with Gasteiger partial charge in [-0.05, 0) is 61.7 Å². The fraction of sp³-hybridized carbons (Fsp3) is 0.304. The Morgan fingerprint density at radius 1 is 1.03 bits per heavy atom. The molecule has 1 heterocycles. The summed E-state index contributed by atoms with van der Waals surface area (Å²) >= 11 is 0. The molecule has 0 aliphatic rings. The maximum absolute atomic E-state index is 12.3. The van der Waals surface area contributed by atoms with Gasteiger partial charge in [0.15, 0.2) is 0 Å². The Morgan fingerprint density at radius 2 is 1.76 bits per heavy atom. The predicted octanol–water partition coefficient (Wildman–Crippen LogP) is 3.42. The molecule has 1 aromatic heterocycles. The van der Waals surface area contributed by atoms with Crippen molar-refractivity contribution in [3.63, 3.8) is 0 Å². The molecule has 0 atom stereocenters. The van der Waals surface area contributed by atoms with E-state index >= 15 is 0 Å². The minimum atomic E-state index is -0.181. The van der Waals surface area contributed by atoms with Crippen molar-refractivity contribution in [3.8, 4) is 17.0 Å². The maximum atomic E-state index is 12.3. The molecule has 0 aliphatic carbocycles. The topological polar surface area (TPSA) is 83.2 Å². The van der Waals surface area contributed by atoms with E-state index < -0.39 is 0 Å². The Kier molecular flexibility index (Phi) is 6.54. The Balaban J connectivity index is 1.75. The second-order valence-corrected chi connectivity index (χ2v) is 7.25. The molecule has 0 spiro atoms. The average molecular weight is 393 g/mol. The third-order valence-corrected chi connectivity index (χ3v) is 4.69. The summed E-state index contributed by atoms with van der Waals surface area (Å²) in [4.78, 5) is 27.5. The standard InChI is InChI=1S/C23H27N3O3/c1-15(2)25-22(28)14-24-21(27)13-12-19-18-6-4-5-7-20(18)26-23(19)16-8-10-17(29-3)11-9-16/h4-11,15,26H,12-14H2,1-3H3,(H,24,27)(H,25,28). The molecule has 2 amide bonds. The van der Waals surface area contributed by atoms with Crippen LogP contribution in [0.4, 0.5) is 0 Å². The monoisotopic (exact) mass is 393 g/mol. The lowest BCUT2D eigenvalue weighted by Crippen LogP contribution is -2.39. The molecule has 0 radical (unpaired) electrons. The highest BCUT2D eigenvalue weighted by Crippen LogP contribution is 2.32. The van der Waals surface area contributed by atoms with E-state index in [0.717, 1.165) is 33.5 Å². The molecule has 0 bridgehead atoms. The second-order valence-electron chi connectivity index (χ2n) is 7.25. The number of aromatic amines is 1. The largest absolute Gasteiger partial charge is 0.497 e. The van der Waals surface area contributed by atoms with Gasteiger partial charge in [-0.2, -0.15) is 0 Å². The number of nitrogens with one attached hydrogen (secondary N) is 3. The Labute approximate surface area is 170 Å². The van der Waals surface area contributed by atoms with E-state index in [4.69, 9.17) is 4.74 Å². The molecule has 0 unspecified atom stereocenters. The second kappa shape index (κ2) is 9.28. The molecule has 3 aromatic rings. The summed E-state index contributed by atoms with van der Waals surface area (Å²) in [6, 6.07) is 16.0. The van der Waals surface area contributed by atoms with Crippen LogP contribution in [0, 0.1) is 0 Å². The normalized spacial score (nSPS) is 10.9. The summed E-state index contributed by atoms with van der Waals surface area (Å²) in [5.74, 6) is 0.472. The van der Waals surface area contributed by atoms with Crippen LogP contribution < -0.4 is 15.4 Å². The van der Waals surface area contributed by atoms with Crippen molar-refractivity contribution in [2.45, 2.75) is 32.7 Å². The van der Waals surface area contributed by atoms with Crippen LogP contribution in [0.15, 0.2) is 48.5 Å². The molecule has 29 heavy (non-hydrogen) atoms. The van der Waals surface area contributed by atoms with E-state index in [-0.39, 0.29) is 24.4 Å². The minimum absolute atomic E-state index is 0.00374. The van der Waals surface area contributed by atoms with Gasteiger partial charge in [0, 0.05) is 29.1 Å². The fourth-order valence-corrected chi connectivity index (χ4v) is 3.34. The number of para-hydroxylation sites is 1. The van der Waals surface area contributed by atoms with Gasteiger partial charge in [0.25, 0.3) is 0 Å². The smallest absolute Gasteiger partial charge is 0.239 e. The van der Waals surface area contributed by atoms with Gasteiger partial charge in [0.2, 0.25) is 11.8 Å². The lowest BCUT2D eigenvalue weighted by molar-refractivity contribution is -0.126. The number of aryl methyl sites for hydroxylation is 1. The number of hydrogen-bond acceptors (Lipinski definition) is 3. The molecule has 6 nitrogen and oxygen atoms in total. The number of fused-ring (bicyclic) bond motifs is 1. The first-order valence-corrected chi connectivity index (χ1v) is 9.78. The maximum Gasteiger partial charge on any atom is 0.239 e. The van der Waals surface area contributed by atoms with E-state index in [0.29, 0.717) is 12.8 Å². The number of benzene rings is 2. The molecule has 152 valence electrons. The van der Waals surface area contributed by atoms with Crippen molar-refractivity contribution in [3.05, 3.63) is 54.1 Å². The summed E-state index contributed by atoms with van der Waals surface area (Å²) in [6.45, 7) is 3.77. The van der Waals surface area contributed by atoms with E-state index in [1.807, 2.05) is 56.3 Å². The summed E-state index contributed by atoms with van der Waals surface area (Å²) in [6.07, 6.45) is 0.878. The van der Waals surface area contributed by atoms with Gasteiger partial charge in [-0.25, -0.2) is 0 Å². The molecule has 3 rings (SSSR count). The van der Waals surface area contributed by atoms with Gasteiger partial charge in [0.05, 0.1) is 13.7 Å². The van der Waals surface area contributed by atoms with Crippen LogP contribution in [0.25, 0.3) is 22.2 Å². The number of aromatic nitrogens is 1. The zero-order valence-electron chi connectivity index (χ0n) is 17.0. The molecule has 0 aliphatic heterocycles. The van der Waals surface area contributed by atoms with Gasteiger partial charge >= 0.3 is 0 Å².